The highest BCUT2D eigenvalue weighted by Crippen LogP contribution is 2.19. The minimum Gasteiger partial charge on any atom is -0.313 e. The van der Waals surface area contributed by atoms with Crippen LogP contribution in [0.3, 0.4) is 0 Å². The van der Waals surface area contributed by atoms with E-state index in [1.807, 2.05) is 0 Å². The van der Waals surface area contributed by atoms with E-state index >= 15 is 0 Å². The Labute approximate surface area is 57.8 Å². The van der Waals surface area contributed by atoms with Gasteiger partial charge in [0.15, 0.2) is 0 Å². The lowest BCUT2D eigenvalue weighted by Gasteiger charge is -2.29. The van der Waals surface area contributed by atoms with Crippen LogP contribution in [0.5, 0.6) is 0 Å². The van der Waals surface area contributed by atoms with Crippen molar-refractivity contribution in [1.82, 2.24) is 4.90 Å². The van der Waals surface area contributed by atoms with Crippen molar-refractivity contribution in [3.63, 3.8) is 0 Å². The molecule has 0 aromatic rings. The van der Waals surface area contributed by atoms with Crippen LogP contribution in [0.25, 0.3) is 0 Å². The SMILES string of the molecule is O=CN1CCCC(F)C1F. The molecule has 0 spiro atoms. The summed E-state index contributed by atoms with van der Waals surface area (Å²) in [5, 5.41) is 0. The van der Waals surface area contributed by atoms with Gasteiger partial charge in [-0.2, -0.15) is 0 Å². The van der Waals surface area contributed by atoms with E-state index in [0.29, 0.717) is 19.4 Å². The molecule has 2 nitrogen and oxygen atoms in total. The van der Waals surface area contributed by atoms with Crippen LogP contribution in [0.2, 0.25) is 0 Å². The first kappa shape index (κ1) is 7.44. The second-order valence-corrected chi connectivity index (χ2v) is 2.37. The van der Waals surface area contributed by atoms with Crippen molar-refractivity contribution in [1.29, 1.82) is 0 Å². The van der Waals surface area contributed by atoms with Crippen LogP contribution in [0.1, 0.15) is 12.8 Å². The fourth-order valence-electron chi connectivity index (χ4n) is 1.05. The molecule has 1 amide bonds. The molecule has 2 atom stereocenters. The van der Waals surface area contributed by atoms with Crippen molar-refractivity contribution in [2.75, 3.05) is 6.54 Å². The number of carbonyl (C=O) groups is 1. The maximum Gasteiger partial charge on any atom is 0.212 e. The highest BCUT2D eigenvalue weighted by atomic mass is 19.2. The first-order valence-corrected chi connectivity index (χ1v) is 3.25. The molecule has 0 bridgehead atoms. The van der Waals surface area contributed by atoms with Crippen molar-refractivity contribution >= 4 is 6.41 Å². The monoisotopic (exact) mass is 149 g/mol. The Balaban J connectivity index is 2.50. The van der Waals surface area contributed by atoms with Crippen molar-refractivity contribution in [2.24, 2.45) is 0 Å². The van der Waals surface area contributed by atoms with Gasteiger partial charge in [0, 0.05) is 6.54 Å². The standard InChI is InChI=1S/C6H9F2NO/c7-5-2-1-3-9(4-10)6(5)8/h4-6H,1-3H2. The number of nitrogens with zero attached hydrogens (tertiary/aromatic N) is 1. The minimum atomic E-state index is -1.72. The molecule has 1 fully saturated rings. The maximum atomic E-state index is 12.6. The van der Waals surface area contributed by atoms with Crippen molar-refractivity contribution in [3.05, 3.63) is 0 Å². The van der Waals surface area contributed by atoms with Gasteiger partial charge in [-0.05, 0) is 12.8 Å². The van der Waals surface area contributed by atoms with Gasteiger partial charge in [-0.3, -0.25) is 4.79 Å². The summed E-state index contributed by atoms with van der Waals surface area (Å²) in [6.07, 6.45) is -2.06. The topological polar surface area (TPSA) is 20.3 Å². The Morgan fingerprint density at radius 1 is 1.50 bits per heavy atom. The van der Waals surface area contributed by atoms with E-state index in [-0.39, 0.29) is 6.42 Å². The molecule has 0 aromatic heterocycles. The molecule has 1 aliphatic heterocycles. The number of halogens is 2. The third kappa shape index (κ3) is 1.25. The number of piperidine rings is 1. The van der Waals surface area contributed by atoms with Gasteiger partial charge in [0.25, 0.3) is 0 Å². The molecule has 4 heteroatoms. The molecular formula is C6H9F2NO. The highest BCUT2D eigenvalue weighted by molar-refractivity contribution is 5.47. The average molecular weight is 149 g/mol. The van der Waals surface area contributed by atoms with Crippen LogP contribution in [0, 0.1) is 0 Å². The molecule has 1 rings (SSSR count). The summed E-state index contributed by atoms with van der Waals surface area (Å²) < 4.78 is 25.0. The van der Waals surface area contributed by atoms with Gasteiger partial charge < -0.3 is 4.90 Å². The quantitative estimate of drug-likeness (QED) is 0.400. The first-order chi connectivity index (χ1) is 4.75. The molecule has 1 heterocycles. The minimum absolute atomic E-state index is 0.228. The fraction of sp³-hybridized carbons (Fsp3) is 0.833. The summed E-state index contributed by atoms with van der Waals surface area (Å²) in [5.41, 5.74) is 0. The summed E-state index contributed by atoms with van der Waals surface area (Å²) in [4.78, 5) is 10.9. The molecular weight excluding hydrogens is 140 g/mol. The summed E-state index contributed by atoms with van der Waals surface area (Å²) >= 11 is 0. The number of amides is 1. The summed E-state index contributed by atoms with van der Waals surface area (Å²) in [5.74, 6) is 0. The molecule has 0 aliphatic carbocycles. The molecule has 58 valence electrons. The zero-order valence-corrected chi connectivity index (χ0v) is 5.46. The Kier molecular flexibility index (Phi) is 2.19. The van der Waals surface area contributed by atoms with E-state index in [1.54, 1.807) is 0 Å². The third-order valence-corrected chi connectivity index (χ3v) is 1.65. The Hall–Kier alpha value is -0.670. The van der Waals surface area contributed by atoms with Crippen molar-refractivity contribution < 1.29 is 13.6 Å². The van der Waals surface area contributed by atoms with Gasteiger partial charge >= 0.3 is 0 Å². The summed E-state index contributed by atoms with van der Waals surface area (Å²) in [6, 6.07) is 0. The zero-order chi connectivity index (χ0) is 7.56. The third-order valence-electron chi connectivity index (χ3n) is 1.65. The molecule has 0 N–H and O–H groups in total. The molecule has 2 unspecified atom stereocenters. The van der Waals surface area contributed by atoms with E-state index in [1.165, 1.54) is 0 Å². The van der Waals surface area contributed by atoms with Gasteiger partial charge in [0.2, 0.25) is 12.7 Å². The predicted octanol–water partition coefficient (Wildman–Crippen LogP) is 0.872. The number of alkyl halides is 2. The predicted molar refractivity (Wildman–Crippen MR) is 31.8 cm³/mol. The van der Waals surface area contributed by atoms with Gasteiger partial charge in [-0.15, -0.1) is 0 Å². The smallest absolute Gasteiger partial charge is 0.212 e. The van der Waals surface area contributed by atoms with Gasteiger partial charge in [0.1, 0.15) is 6.17 Å². The van der Waals surface area contributed by atoms with Crippen LogP contribution in [-0.2, 0) is 4.79 Å². The van der Waals surface area contributed by atoms with Crippen LogP contribution in [-0.4, -0.2) is 30.3 Å². The number of rotatable bonds is 1. The van der Waals surface area contributed by atoms with E-state index < -0.39 is 12.5 Å². The zero-order valence-electron chi connectivity index (χ0n) is 5.46. The molecule has 0 radical (unpaired) electrons. The highest BCUT2D eigenvalue weighted by Gasteiger charge is 2.29. The number of likely N-dealkylation sites (tertiary alicyclic amines) is 1. The van der Waals surface area contributed by atoms with Crippen molar-refractivity contribution in [2.45, 2.75) is 25.3 Å². The lowest BCUT2D eigenvalue weighted by Crippen LogP contribution is -2.42. The Morgan fingerprint density at radius 3 is 2.70 bits per heavy atom. The van der Waals surface area contributed by atoms with Crippen LogP contribution in [0.4, 0.5) is 8.78 Å². The largest absolute Gasteiger partial charge is 0.313 e. The van der Waals surface area contributed by atoms with Crippen LogP contribution in [0.15, 0.2) is 0 Å². The van der Waals surface area contributed by atoms with Gasteiger partial charge in [-0.1, -0.05) is 0 Å². The molecule has 1 saturated heterocycles. The summed E-state index contributed by atoms with van der Waals surface area (Å²) in [6.45, 7) is 0.338. The molecule has 10 heavy (non-hydrogen) atoms. The lowest BCUT2D eigenvalue weighted by atomic mass is 10.1. The van der Waals surface area contributed by atoms with E-state index in [0.717, 1.165) is 4.90 Å². The van der Waals surface area contributed by atoms with Crippen LogP contribution >= 0.6 is 0 Å². The normalized spacial score (nSPS) is 34.0. The van der Waals surface area contributed by atoms with Crippen molar-refractivity contribution in [3.8, 4) is 0 Å². The summed E-state index contributed by atoms with van der Waals surface area (Å²) in [7, 11) is 0. The average Bonchev–Trinajstić information content (AvgIpc) is 1.95. The van der Waals surface area contributed by atoms with E-state index in [2.05, 4.69) is 0 Å². The lowest BCUT2D eigenvalue weighted by molar-refractivity contribution is -0.129. The molecule has 0 saturated carbocycles. The maximum absolute atomic E-state index is 12.6. The molecule has 0 aromatic carbocycles. The fourth-order valence-corrected chi connectivity index (χ4v) is 1.05. The van der Waals surface area contributed by atoms with E-state index in [9.17, 15) is 13.6 Å². The van der Waals surface area contributed by atoms with Crippen LogP contribution < -0.4 is 0 Å². The van der Waals surface area contributed by atoms with Gasteiger partial charge in [0.05, 0.1) is 0 Å². The second kappa shape index (κ2) is 2.94. The number of hydrogen-bond acceptors (Lipinski definition) is 1. The van der Waals surface area contributed by atoms with E-state index in [4.69, 9.17) is 0 Å². The molecule has 1 aliphatic rings. The Morgan fingerprint density at radius 2 is 2.20 bits per heavy atom. The first-order valence-electron chi connectivity index (χ1n) is 3.25. The second-order valence-electron chi connectivity index (χ2n) is 2.37. The number of hydrogen-bond donors (Lipinski definition) is 0. The number of carbonyl (C=O) groups excluding carboxylic acids is 1. The Bertz CT molecular complexity index is 131. The van der Waals surface area contributed by atoms with Gasteiger partial charge in [-0.25, -0.2) is 8.78 Å².